The van der Waals surface area contributed by atoms with E-state index in [0.717, 1.165) is 23.1 Å². The van der Waals surface area contributed by atoms with E-state index >= 15 is 0 Å². The molecule has 0 bridgehead atoms. The van der Waals surface area contributed by atoms with E-state index in [2.05, 4.69) is 19.9 Å². The van der Waals surface area contributed by atoms with Gasteiger partial charge in [-0.15, -0.1) is 0 Å². The molecular weight excluding hydrogens is 290 g/mol. The molecule has 0 atom stereocenters. The molecule has 0 heterocycles. The molecule has 2 N–H and O–H groups in total. The number of benzene rings is 1. The van der Waals surface area contributed by atoms with Crippen LogP contribution in [0.4, 0.5) is 0 Å². The fourth-order valence-corrected chi connectivity index (χ4v) is 2.47. The van der Waals surface area contributed by atoms with Gasteiger partial charge in [0.2, 0.25) is 0 Å². The van der Waals surface area contributed by atoms with Crippen molar-refractivity contribution >= 4 is 5.97 Å². The zero-order valence-electron chi connectivity index (χ0n) is 14.1. The number of aliphatic hydroxyl groups excluding tert-OH is 1. The number of carboxylic acids is 1. The van der Waals surface area contributed by atoms with E-state index in [1.807, 2.05) is 13.0 Å². The van der Waals surface area contributed by atoms with Crippen LogP contribution in [0.15, 0.2) is 35.6 Å². The molecule has 0 aliphatic carbocycles. The normalized spacial score (nSPS) is 12.3. The molecule has 4 heteroatoms. The van der Waals surface area contributed by atoms with Crippen LogP contribution in [0.5, 0.6) is 0 Å². The number of aliphatic carboxylic acids is 1. The molecule has 1 aromatic carbocycles. The van der Waals surface area contributed by atoms with Gasteiger partial charge in [-0.05, 0) is 61.4 Å². The van der Waals surface area contributed by atoms with Gasteiger partial charge in [-0.3, -0.25) is 0 Å². The summed E-state index contributed by atoms with van der Waals surface area (Å²) in [5, 5.41) is 28.1. The van der Waals surface area contributed by atoms with Crippen molar-refractivity contribution in [3.63, 3.8) is 0 Å². The van der Waals surface area contributed by atoms with Crippen LogP contribution in [0.2, 0.25) is 0 Å². The first kappa shape index (κ1) is 18.5. The van der Waals surface area contributed by atoms with Gasteiger partial charge in [0, 0.05) is 0 Å². The molecule has 0 aromatic heterocycles. The lowest BCUT2D eigenvalue weighted by molar-refractivity contribution is -0.132. The molecule has 0 aliphatic rings. The predicted molar refractivity (Wildman–Crippen MR) is 90.2 cm³/mol. The smallest absolute Gasteiger partial charge is 0.339 e. The highest BCUT2D eigenvalue weighted by Crippen LogP contribution is 2.21. The number of nitrogens with zero attached hydrogens (tertiary/aromatic N) is 1. The number of rotatable bonds is 6. The number of hydrogen-bond acceptors (Lipinski definition) is 3. The Labute approximate surface area is 137 Å². The van der Waals surface area contributed by atoms with Gasteiger partial charge in [0.15, 0.2) is 0 Å². The van der Waals surface area contributed by atoms with Crippen molar-refractivity contribution in [3.8, 4) is 6.07 Å². The first-order chi connectivity index (χ1) is 10.8. The van der Waals surface area contributed by atoms with Crippen LogP contribution in [0.25, 0.3) is 0 Å². The highest BCUT2D eigenvalue weighted by atomic mass is 16.4. The highest BCUT2D eigenvalue weighted by molar-refractivity contribution is 5.90. The van der Waals surface area contributed by atoms with Crippen molar-refractivity contribution < 1.29 is 15.0 Å². The third-order valence-electron chi connectivity index (χ3n) is 3.59. The molecule has 122 valence electrons. The lowest BCUT2D eigenvalue weighted by Gasteiger charge is -2.13. The van der Waals surface area contributed by atoms with Gasteiger partial charge >= 0.3 is 5.97 Å². The van der Waals surface area contributed by atoms with E-state index in [0.29, 0.717) is 17.9 Å². The molecule has 4 nitrogen and oxygen atoms in total. The number of hydrogen-bond donors (Lipinski definition) is 2. The van der Waals surface area contributed by atoms with Crippen LogP contribution >= 0.6 is 0 Å². The van der Waals surface area contributed by atoms with Crippen molar-refractivity contribution in [2.24, 2.45) is 5.92 Å². The minimum Gasteiger partial charge on any atom is -0.507 e. The van der Waals surface area contributed by atoms with Crippen molar-refractivity contribution in [1.29, 1.82) is 5.26 Å². The number of carbonyl (C=O) groups is 1. The van der Waals surface area contributed by atoms with Crippen LogP contribution in [-0.4, -0.2) is 16.2 Å². The SMILES string of the molecule is C/C=C(O)\C(=C/Cc1cc(C)c(CC(C)C)c(C#N)c1)C(=O)O. The lowest BCUT2D eigenvalue weighted by atomic mass is 9.91. The van der Waals surface area contributed by atoms with Crippen LogP contribution in [-0.2, 0) is 17.6 Å². The minimum absolute atomic E-state index is 0.130. The van der Waals surface area contributed by atoms with Crippen LogP contribution in [0, 0.1) is 24.2 Å². The first-order valence-electron chi connectivity index (χ1n) is 7.61. The van der Waals surface area contributed by atoms with Gasteiger partial charge in [0.1, 0.15) is 5.76 Å². The molecule has 0 aliphatic heterocycles. The molecule has 0 fully saturated rings. The fourth-order valence-electron chi connectivity index (χ4n) is 2.47. The molecule has 1 rings (SSSR count). The first-order valence-corrected chi connectivity index (χ1v) is 7.61. The number of allylic oxidation sites excluding steroid dienone is 2. The van der Waals surface area contributed by atoms with Gasteiger partial charge in [0.05, 0.1) is 17.2 Å². The predicted octanol–water partition coefficient (Wildman–Crippen LogP) is 4.08. The van der Waals surface area contributed by atoms with Crippen LogP contribution in [0.1, 0.15) is 43.0 Å². The van der Waals surface area contributed by atoms with Crippen LogP contribution < -0.4 is 0 Å². The van der Waals surface area contributed by atoms with E-state index in [-0.39, 0.29) is 11.3 Å². The summed E-state index contributed by atoms with van der Waals surface area (Å²) < 4.78 is 0. The number of carboxylic acid groups (broad SMARTS) is 1. The third-order valence-corrected chi connectivity index (χ3v) is 3.59. The van der Waals surface area contributed by atoms with E-state index in [9.17, 15) is 15.2 Å². The second-order valence-corrected chi connectivity index (χ2v) is 5.95. The van der Waals surface area contributed by atoms with E-state index in [1.54, 1.807) is 13.0 Å². The quantitative estimate of drug-likeness (QED) is 0.471. The molecule has 0 amide bonds. The Morgan fingerprint density at radius 2 is 2.00 bits per heavy atom. The zero-order chi connectivity index (χ0) is 17.6. The average molecular weight is 313 g/mol. The Kier molecular flexibility index (Phi) is 6.59. The Bertz CT molecular complexity index is 691. The fraction of sp³-hybridized carbons (Fsp3) is 0.368. The summed E-state index contributed by atoms with van der Waals surface area (Å²) in [4.78, 5) is 11.2. The molecule has 0 unspecified atom stereocenters. The lowest BCUT2D eigenvalue weighted by Crippen LogP contribution is -2.05. The molecule has 0 radical (unpaired) electrons. The maximum Gasteiger partial charge on any atom is 0.339 e. The largest absolute Gasteiger partial charge is 0.507 e. The summed E-state index contributed by atoms with van der Waals surface area (Å²) in [5.41, 5.74) is 3.44. The topological polar surface area (TPSA) is 81.3 Å². The summed E-state index contributed by atoms with van der Waals surface area (Å²) in [6.07, 6.45) is 3.99. The van der Waals surface area contributed by atoms with E-state index < -0.39 is 5.97 Å². The van der Waals surface area contributed by atoms with Crippen molar-refractivity contribution in [3.05, 3.63) is 57.9 Å². The summed E-state index contributed by atoms with van der Waals surface area (Å²) in [5.74, 6) is -0.975. The second-order valence-electron chi connectivity index (χ2n) is 5.95. The molecule has 23 heavy (non-hydrogen) atoms. The Morgan fingerprint density at radius 3 is 2.48 bits per heavy atom. The average Bonchev–Trinajstić information content (AvgIpc) is 2.48. The summed E-state index contributed by atoms with van der Waals surface area (Å²) in [6.45, 7) is 7.75. The molecule has 0 spiro atoms. The summed E-state index contributed by atoms with van der Waals surface area (Å²) in [6, 6.07) is 6.00. The molecule has 1 aromatic rings. The zero-order valence-corrected chi connectivity index (χ0v) is 14.1. The van der Waals surface area contributed by atoms with Gasteiger partial charge < -0.3 is 10.2 Å². The van der Waals surface area contributed by atoms with Gasteiger partial charge in [-0.25, -0.2) is 4.79 Å². The number of nitriles is 1. The van der Waals surface area contributed by atoms with Crippen LogP contribution in [0.3, 0.4) is 0 Å². The van der Waals surface area contributed by atoms with Gasteiger partial charge in [0.25, 0.3) is 0 Å². The van der Waals surface area contributed by atoms with E-state index in [1.165, 1.54) is 12.2 Å². The molecule has 0 saturated heterocycles. The maximum absolute atomic E-state index is 11.2. The Hall–Kier alpha value is -2.54. The Morgan fingerprint density at radius 1 is 1.35 bits per heavy atom. The number of aliphatic hydroxyl groups is 1. The maximum atomic E-state index is 11.2. The van der Waals surface area contributed by atoms with Crippen molar-refractivity contribution in [1.82, 2.24) is 0 Å². The Balaban J connectivity index is 3.19. The van der Waals surface area contributed by atoms with Gasteiger partial charge in [-0.2, -0.15) is 5.26 Å². The molecule has 0 saturated carbocycles. The monoisotopic (exact) mass is 313 g/mol. The van der Waals surface area contributed by atoms with E-state index in [4.69, 9.17) is 5.11 Å². The summed E-state index contributed by atoms with van der Waals surface area (Å²) in [7, 11) is 0. The second kappa shape index (κ2) is 8.19. The van der Waals surface area contributed by atoms with Crippen molar-refractivity contribution in [2.75, 3.05) is 0 Å². The minimum atomic E-state index is -1.17. The summed E-state index contributed by atoms with van der Waals surface area (Å²) >= 11 is 0. The van der Waals surface area contributed by atoms with Gasteiger partial charge in [-0.1, -0.05) is 26.0 Å². The molecular formula is C19H23NO3. The standard InChI is InChI=1S/C19H23NO3/c1-5-18(21)16(19(22)23)7-6-14-9-13(4)17(8-12(2)3)15(10-14)11-20/h5,7,9-10,12,21H,6,8H2,1-4H3,(H,22,23)/b16-7+,18-5+. The number of aryl methyl sites for hydroxylation is 1. The highest BCUT2D eigenvalue weighted by Gasteiger charge is 2.13. The third kappa shape index (κ3) is 5.00. The van der Waals surface area contributed by atoms with Crippen molar-refractivity contribution in [2.45, 2.75) is 40.5 Å².